The van der Waals surface area contributed by atoms with Gasteiger partial charge in [0.2, 0.25) is 0 Å². The number of hydrogen-bond donors (Lipinski definition) is 4. The van der Waals surface area contributed by atoms with E-state index in [0.29, 0.717) is 18.5 Å². The first kappa shape index (κ1) is 16.7. The molecule has 0 spiro atoms. The van der Waals surface area contributed by atoms with Gasteiger partial charge in [0.05, 0.1) is 6.10 Å². The van der Waals surface area contributed by atoms with Crippen LogP contribution in [0.15, 0.2) is 0 Å². The highest BCUT2D eigenvalue weighted by Gasteiger charge is 2.27. The molecule has 0 radical (unpaired) electrons. The quantitative estimate of drug-likeness (QED) is 0.544. The molecule has 7 nitrogen and oxygen atoms in total. The predicted octanol–water partition coefficient (Wildman–Crippen LogP) is -0.150. The highest BCUT2D eigenvalue weighted by Crippen LogP contribution is 2.17. The summed E-state index contributed by atoms with van der Waals surface area (Å²) in [4.78, 5) is 24.8. The van der Waals surface area contributed by atoms with Crippen molar-refractivity contribution in [3.63, 3.8) is 0 Å². The molecular weight excluding hydrogens is 262 g/mol. The van der Waals surface area contributed by atoms with Gasteiger partial charge in [0.1, 0.15) is 0 Å². The minimum atomic E-state index is -1.29. The third-order valence-corrected chi connectivity index (χ3v) is 3.63. The van der Waals surface area contributed by atoms with Gasteiger partial charge in [0, 0.05) is 19.1 Å². The zero-order valence-corrected chi connectivity index (χ0v) is 12.3. The summed E-state index contributed by atoms with van der Waals surface area (Å²) in [7, 11) is 0. The van der Waals surface area contributed by atoms with Crippen LogP contribution in [0.1, 0.15) is 27.2 Å². The molecule has 0 aromatic carbocycles. The van der Waals surface area contributed by atoms with Gasteiger partial charge in [0.25, 0.3) is 0 Å². The molecule has 3 atom stereocenters. The summed E-state index contributed by atoms with van der Waals surface area (Å²) in [6.07, 6.45) is -0.113. The van der Waals surface area contributed by atoms with E-state index in [1.807, 2.05) is 0 Å². The molecule has 20 heavy (non-hydrogen) atoms. The van der Waals surface area contributed by atoms with Crippen LogP contribution in [0.2, 0.25) is 0 Å². The Bertz CT molecular complexity index is 347. The SMILES string of the molecule is CC(O)C(NC(=O)NCC1CCN(C(C)C)C1)C(=O)O. The van der Waals surface area contributed by atoms with Gasteiger partial charge in [-0.2, -0.15) is 0 Å². The zero-order chi connectivity index (χ0) is 15.3. The summed E-state index contributed by atoms with van der Waals surface area (Å²) < 4.78 is 0. The minimum absolute atomic E-state index is 0.387. The largest absolute Gasteiger partial charge is 0.480 e. The Morgan fingerprint density at radius 2 is 2.00 bits per heavy atom. The maximum absolute atomic E-state index is 11.6. The number of aliphatic carboxylic acids is 1. The van der Waals surface area contributed by atoms with Gasteiger partial charge in [-0.15, -0.1) is 0 Å². The molecule has 7 heteroatoms. The first-order valence-electron chi connectivity index (χ1n) is 7.00. The Kier molecular flexibility index (Phi) is 6.22. The summed E-state index contributed by atoms with van der Waals surface area (Å²) in [5.41, 5.74) is 0. The molecule has 1 aliphatic heterocycles. The lowest BCUT2D eigenvalue weighted by Crippen LogP contribution is -2.51. The number of aliphatic hydroxyl groups excluding tert-OH is 1. The van der Waals surface area contributed by atoms with E-state index in [0.717, 1.165) is 19.5 Å². The summed E-state index contributed by atoms with van der Waals surface area (Å²) in [6.45, 7) is 8.09. The predicted molar refractivity (Wildman–Crippen MR) is 74.5 cm³/mol. The Morgan fingerprint density at radius 3 is 2.45 bits per heavy atom. The number of rotatable bonds is 6. The maximum atomic E-state index is 11.6. The van der Waals surface area contributed by atoms with Gasteiger partial charge >= 0.3 is 12.0 Å². The van der Waals surface area contributed by atoms with Crippen LogP contribution in [0, 0.1) is 5.92 Å². The summed E-state index contributed by atoms with van der Waals surface area (Å²) in [6, 6.07) is -1.34. The van der Waals surface area contributed by atoms with Crippen molar-refractivity contribution in [3.8, 4) is 0 Å². The van der Waals surface area contributed by atoms with Crippen LogP contribution in [-0.2, 0) is 4.79 Å². The van der Waals surface area contributed by atoms with Crippen LogP contribution >= 0.6 is 0 Å². The fourth-order valence-electron chi connectivity index (χ4n) is 2.32. The number of carboxylic acids is 1. The molecule has 4 N–H and O–H groups in total. The normalized spacial score (nSPS) is 22.6. The van der Waals surface area contributed by atoms with Crippen molar-refractivity contribution in [2.45, 2.75) is 45.4 Å². The second-order valence-electron chi connectivity index (χ2n) is 5.65. The number of amides is 2. The molecule has 0 aromatic rings. The van der Waals surface area contributed by atoms with Gasteiger partial charge in [-0.3, -0.25) is 0 Å². The minimum Gasteiger partial charge on any atom is -0.480 e. The first-order valence-corrected chi connectivity index (χ1v) is 7.00. The molecule has 2 amide bonds. The number of carbonyl (C=O) groups is 2. The summed E-state index contributed by atoms with van der Waals surface area (Å²) in [5, 5.41) is 23.1. The second kappa shape index (κ2) is 7.44. The van der Waals surface area contributed by atoms with Crippen molar-refractivity contribution in [1.82, 2.24) is 15.5 Å². The molecule has 1 saturated heterocycles. The number of hydrogen-bond acceptors (Lipinski definition) is 4. The van der Waals surface area contributed by atoms with Crippen LogP contribution in [0.3, 0.4) is 0 Å². The van der Waals surface area contributed by atoms with Crippen LogP contribution in [0.5, 0.6) is 0 Å². The number of nitrogens with zero attached hydrogens (tertiary/aromatic N) is 1. The first-order chi connectivity index (χ1) is 9.31. The van der Waals surface area contributed by atoms with Crippen LogP contribution in [0.25, 0.3) is 0 Å². The van der Waals surface area contributed by atoms with Crippen molar-refractivity contribution in [2.75, 3.05) is 19.6 Å². The van der Waals surface area contributed by atoms with Crippen molar-refractivity contribution in [2.24, 2.45) is 5.92 Å². The number of carbonyl (C=O) groups excluding carboxylic acids is 1. The zero-order valence-electron chi connectivity index (χ0n) is 12.3. The highest BCUT2D eigenvalue weighted by molar-refractivity contribution is 5.82. The van der Waals surface area contributed by atoms with Gasteiger partial charge in [-0.05, 0) is 39.7 Å². The van der Waals surface area contributed by atoms with E-state index >= 15 is 0 Å². The summed E-state index contributed by atoms with van der Waals surface area (Å²) >= 11 is 0. The molecule has 0 aliphatic carbocycles. The van der Waals surface area contributed by atoms with Crippen molar-refractivity contribution >= 4 is 12.0 Å². The van der Waals surface area contributed by atoms with E-state index in [1.54, 1.807) is 0 Å². The van der Waals surface area contributed by atoms with Crippen LogP contribution < -0.4 is 10.6 Å². The van der Waals surface area contributed by atoms with Gasteiger partial charge in [-0.1, -0.05) is 0 Å². The average molecular weight is 287 g/mol. The molecule has 0 aromatic heterocycles. The van der Waals surface area contributed by atoms with E-state index < -0.39 is 24.1 Å². The number of aliphatic hydroxyl groups is 1. The Morgan fingerprint density at radius 1 is 1.35 bits per heavy atom. The molecule has 1 fully saturated rings. The fraction of sp³-hybridized carbons (Fsp3) is 0.846. The van der Waals surface area contributed by atoms with Crippen molar-refractivity contribution < 1.29 is 19.8 Å². The molecule has 0 bridgehead atoms. The average Bonchev–Trinajstić information content (AvgIpc) is 2.81. The highest BCUT2D eigenvalue weighted by atomic mass is 16.4. The van der Waals surface area contributed by atoms with Gasteiger partial charge < -0.3 is 25.7 Å². The molecule has 116 valence electrons. The van der Waals surface area contributed by atoms with E-state index in [4.69, 9.17) is 5.11 Å². The topological polar surface area (TPSA) is 102 Å². The van der Waals surface area contributed by atoms with Gasteiger partial charge in [-0.25, -0.2) is 9.59 Å². The number of nitrogens with one attached hydrogen (secondary N) is 2. The smallest absolute Gasteiger partial charge is 0.328 e. The third kappa shape index (κ3) is 4.97. The molecule has 3 unspecified atom stereocenters. The van der Waals surface area contributed by atoms with E-state index in [1.165, 1.54) is 6.92 Å². The van der Waals surface area contributed by atoms with Crippen molar-refractivity contribution in [3.05, 3.63) is 0 Å². The molecule has 1 rings (SSSR count). The molecule has 1 aliphatic rings. The number of urea groups is 1. The van der Waals surface area contributed by atoms with E-state index in [2.05, 4.69) is 29.4 Å². The van der Waals surface area contributed by atoms with Crippen molar-refractivity contribution in [1.29, 1.82) is 0 Å². The van der Waals surface area contributed by atoms with Crippen LogP contribution in [-0.4, -0.2) is 64.9 Å². The number of likely N-dealkylation sites (tertiary alicyclic amines) is 1. The van der Waals surface area contributed by atoms with E-state index in [9.17, 15) is 14.7 Å². The monoisotopic (exact) mass is 287 g/mol. The standard InChI is InChI=1S/C13H25N3O4/c1-8(2)16-5-4-10(7-16)6-14-13(20)15-11(9(3)17)12(18)19/h8-11,17H,4-7H2,1-3H3,(H,18,19)(H2,14,15,20). The Labute approximate surface area is 119 Å². The lowest BCUT2D eigenvalue weighted by atomic mass is 10.1. The Hall–Kier alpha value is -1.34. The lowest BCUT2D eigenvalue weighted by Gasteiger charge is -2.21. The molecular formula is C13H25N3O4. The maximum Gasteiger partial charge on any atom is 0.328 e. The van der Waals surface area contributed by atoms with E-state index in [-0.39, 0.29) is 0 Å². The lowest BCUT2D eigenvalue weighted by molar-refractivity contribution is -0.141. The molecule has 1 heterocycles. The summed E-state index contributed by atoms with van der Waals surface area (Å²) in [5.74, 6) is -0.861. The number of carboxylic acid groups (broad SMARTS) is 1. The fourth-order valence-corrected chi connectivity index (χ4v) is 2.32. The Balaban J connectivity index is 2.32. The third-order valence-electron chi connectivity index (χ3n) is 3.63. The molecule has 0 saturated carbocycles. The van der Waals surface area contributed by atoms with Gasteiger partial charge in [0.15, 0.2) is 6.04 Å². The van der Waals surface area contributed by atoms with Crippen LogP contribution in [0.4, 0.5) is 4.79 Å². The second-order valence-corrected chi connectivity index (χ2v) is 5.65.